The molecule has 1 N–H and O–H groups in total. The van der Waals surface area contributed by atoms with E-state index in [2.05, 4.69) is 40.3 Å². The molecule has 0 unspecified atom stereocenters. The fraction of sp³-hybridized carbons (Fsp3) is 0.292. The molecule has 8 heteroatoms. The second-order valence-electron chi connectivity index (χ2n) is 7.52. The van der Waals surface area contributed by atoms with Crippen molar-refractivity contribution in [3.63, 3.8) is 0 Å². The first-order valence-corrected chi connectivity index (χ1v) is 13.4. The van der Waals surface area contributed by atoms with Crippen LogP contribution in [-0.4, -0.2) is 27.0 Å². The number of unbranched alkanes of at least 4 members (excludes halogenated alkanes) is 1. The van der Waals surface area contributed by atoms with Crippen LogP contribution in [0.4, 0.5) is 5.69 Å². The molecule has 1 aromatic heterocycles. The van der Waals surface area contributed by atoms with Crippen LogP contribution in [0.25, 0.3) is 5.69 Å². The van der Waals surface area contributed by atoms with Crippen LogP contribution in [0.2, 0.25) is 0 Å². The number of aryl methyl sites for hydroxylation is 2. The Morgan fingerprint density at radius 2 is 1.94 bits per heavy atom. The first-order valence-electron chi connectivity index (χ1n) is 10.6. The van der Waals surface area contributed by atoms with Crippen LogP contribution in [0, 0.1) is 0 Å². The third kappa shape index (κ3) is 5.47. The summed E-state index contributed by atoms with van der Waals surface area (Å²) >= 11 is 6.28. The summed E-state index contributed by atoms with van der Waals surface area (Å²) in [5.74, 6) is 0.913. The summed E-state index contributed by atoms with van der Waals surface area (Å²) in [5.41, 5.74) is 3.56. The highest BCUT2D eigenvalue weighted by molar-refractivity contribution is 9.10. The van der Waals surface area contributed by atoms with Crippen LogP contribution in [-0.2, 0) is 17.6 Å². The third-order valence-corrected chi connectivity index (χ3v) is 7.71. The lowest BCUT2D eigenvalue weighted by Crippen LogP contribution is -2.24. The normalized spacial score (nSPS) is 12.6. The van der Waals surface area contributed by atoms with Gasteiger partial charge in [-0.05, 0) is 54.8 Å². The molecule has 1 aliphatic heterocycles. The van der Waals surface area contributed by atoms with Crippen molar-refractivity contribution in [3.05, 3.63) is 74.6 Å². The number of hydrogen-bond acceptors (Lipinski definition) is 5. The van der Waals surface area contributed by atoms with Crippen LogP contribution in [0.5, 0.6) is 0 Å². The number of anilines is 1. The zero-order valence-corrected chi connectivity index (χ0v) is 21.0. The van der Waals surface area contributed by atoms with Gasteiger partial charge in [-0.25, -0.2) is 4.98 Å². The highest BCUT2D eigenvalue weighted by Gasteiger charge is 2.23. The summed E-state index contributed by atoms with van der Waals surface area (Å²) in [6.07, 6.45) is 4.15. The zero-order chi connectivity index (χ0) is 22.5. The number of benzene rings is 2. The number of halogens is 1. The third-order valence-electron chi connectivity index (χ3n) is 5.14. The highest BCUT2D eigenvalue weighted by Crippen LogP contribution is 2.30. The van der Waals surface area contributed by atoms with Crippen molar-refractivity contribution in [3.8, 4) is 5.69 Å². The van der Waals surface area contributed by atoms with Gasteiger partial charge in [-0.15, -0.1) is 11.8 Å². The lowest BCUT2D eigenvalue weighted by Gasteiger charge is -2.14. The maximum absolute atomic E-state index is 13.2. The van der Waals surface area contributed by atoms with E-state index in [0.29, 0.717) is 10.1 Å². The van der Waals surface area contributed by atoms with Gasteiger partial charge < -0.3 is 5.32 Å². The lowest BCUT2D eigenvalue weighted by atomic mass is 10.1. The van der Waals surface area contributed by atoms with E-state index >= 15 is 0 Å². The van der Waals surface area contributed by atoms with Crippen LogP contribution >= 0.6 is 39.5 Å². The molecule has 0 saturated carbocycles. The SMILES string of the molecule is CCCCc1ccc(NC(=O)CSc2nc3c(c(=O)n2-c2ccc(Br)cc2)SCC3)cc1. The Morgan fingerprint density at radius 1 is 1.19 bits per heavy atom. The van der Waals surface area contributed by atoms with Gasteiger partial charge in [0.2, 0.25) is 5.91 Å². The molecule has 3 aromatic rings. The lowest BCUT2D eigenvalue weighted by molar-refractivity contribution is -0.113. The van der Waals surface area contributed by atoms with Crippen LogP contribution in [0.15, 0.2) is 67.9 Å². The van der Waals surface area contributed by atoms with Crippen molar-refractivity contribution < 1.29 is 4.79 Å². The fourth-order valence-electron chi connectivity index (χ4n) is 3.47. The van der Waals surface area contributed by atoms with Gasteiger partial charge in [-0.2, -0.15) is 0 Å². The Labute approximate surface area is 204 Å². The van der Waals surface area contributed by atoms with E-state index in [-0.39, 0.29) is 17.2 Å². The number of nitrogens with one attached hydrogen (secondary N) is 1. The number of rotatable bonds is 8. The predicted octanol–water partition coefficient (Wildman–Crippen LogP) is 5.72. The van der Waals surface area contributed by atoms with E-state index < -0.39 is 0 Å². The molecule has 2 aromatic carbocycles. The average molecular weight is 531 g/mol. The fourth-order valence-corrected chi connectivity index (χ4v) is 5.59. The molecule has 0 spiro atoms. The monoisotopic (exact) mass is 529 g/mol. The number of nitrogens with zero attached hydrogens (tertiary/aromatic N) is 2. The molecule has 0 fully saturated rings. The van der Waals surface area contributed by atoms with Gasteiger partial charge in [0.05, 0.1) is 22.0 Å². The summed E-state index contributed by atoms with van der Waals surface area (Å²) in [5, 5.41) is 3.49. The molecule has 4 rings (SSSR count). The van der Waals surface area contributed by atoms with E-state index in [1.807, 2.05) is 36.4 Å². The smallest absolute Gasteiger partial charge is 0.272 e. The summed E-state index contributed by atoms with van der Waals surface area (Å²) in [4.78, 5) is 31.2. The minimum Gasteiger partial charge on any atom is -0.325 e. The molecule has 1 aliphatic rings. The Kier molecular flexibility index (Phi) is 7.75. The zero-order valence-electron chi connectivity index (χ0n) is 17.8. The Morgan fingerprint density at radius 3 is 2.66 bits per heavy atom. The van der Waals surface area contributed by atoms with Crippen molar-refractivity contribution in [2.45, 2.75) is 42.7 Å². The number of carbonyl (C=O) groups excluding carboxylic acids is 1. The van der Waals surface area contributed by atoms with Crippen molar-refractivity contribution in [2.24, 2.45) is 0 Å². The van der Waals surface area contributed by atoms with Crippen molar-refractivity contribution in [1.29, 1.82) is 0 Å². The van der Waals surface area contributed by atoms with Gasteiger partial charge in [0, 0.05) is 22.3 Å². The van der Waals surface area contributed by atoms with Crippen molar-refractivity contribution in [2.75, 3.05) is 16.8 Å². The maximum Gasteiger partial charge on any atom is 0.272 e. The Balaban J connectivity index is 1.50. The first kappa shape index (κ1) is 23.1. The standard InChI is InChI=1S/C24H24BrN3O2S2/c1-2-3-4-16-5-9-18(10-6-16)26-21(29)15-32-24-27-20-13-14-31-22(20)23(30)28(24)19-11-7-17(25)8-12-19/h5-12H,2-4,13-15H2,1H3,(H,26,29). The second kappa shape index (κ2) is 10.7. The second-order valence-corrected chi connectivity index (χ2v) is 10.5. The van der Waals surface area contributed by atoms with E-state index in [9.17, 15) is 9.59 Å². The van der Waals surface area contributed by atoms with E-state index in [1.54, 1.807) is 16.3 Å². The van der Waals surface area contributed by atoms with Gasteiger partial charge in [-0.3, -0.25) is 14.2 Å². The van der Waals surface area contributed by atoms with E-state index in [0.717, 1.165) is 53.0 Å². The first-order chi connectivity index (χ1) is 15.5. The van der Waals surface area contributed by atoms with Crippen LogP contribution in [0.1, 0.15) is 31.0 Å². The number of hydrogen-bond donors (Lipinski definition) is 1. The molecular weight excluding hydrogens is 506 g/mol. The Hall–Kier alpha value is -2.03. The minimum atomic E-state index is -0.122. The topological polar surface area (TPSA) is 64.0 Å². The average Bonchev–Trinajstić information content (AvgIpc) is 3.27. The highest BCUT2D eigenvalue weighted by atomic mass is 79.9. The quantitative estimate of drug-likeness (QED) is 0.298. The number of carbonyl (C=O) groups is 1. The number of aromatic nitrogens is 2. The van der Waals surface area contributed by atoms with E-state index in [4.69, 9.17) is 4.98 Å². The van der Waals surface area contributed by atoms with Crippen LogP contribution in [0.3, 0.4) is 0 Å². The summed E-state index contributed by atoms with van der Waals surface area (Å²) in [6, 6.07) is 15.5. The Bertz CT molecular complexity index is 1160. The van der Waals surface area contributed by atoms with E-state index in [1.165, 1.54) is 17.3 Å². The van der Waals surface area contributed by atoms with Gasteiger partial charge in [-0.1, -0.05) is 53.2 Å². The van der Waals surface area contributed by atoms with Gasteiger partial charge in [0.1, 0.15) is 0 Å². The summed E-state index contributed by atoms with van der Waals surface area (Å²) in [6.45, 7) is 2.18. The summed E-state index contributed by atoms with van der Waals surface area (Å²) < 4.78 is 2.55. The molecule has 0 bridgehead atoms. The molecule has 166 valence electrons. The number of thioether (sulfide) groups is 2. The van der Waals surface area contributed by atoms with Crippen LogP contribution < -0.4 is 10.9 Å². The number of fused-ring (bicyclic) bond motifs is 1. The molecule has 0 aliphatic carbocycles. The van der Waals surface area contributed by atoms with Crippen molar-refractivity contribution >= 4 is 51.0 Å². The largest absolute Gasteiger partial charge is 0.325 e. The van der Waals surface area contributed by atoms with Gasteiger partial charge >= 0.3 is 0 Å². The molecule has 2 heterocycles. The predicted molar refractivity (Wildman–Crippen MR) is 136 cm³/mol. The minimum absolute atomic E-state index is 0.0644. The molecule has 0 atom stereocenters. The van der Waals surface area contributed by atoms with Crippen molar-refractivity contribution in [1.82, 2.24) is 9.55 Å². The molecule has 0 saturated heterocycles. The molecule has 0 radical (unpaired) electrons. The summed E-state index contributed by atoms with van der Waals surface area (Å²) in [7, 11) is 0. The molecular formula is C24H24BrN3O2S2. The molecule has 1 amide bonds. The molecule has 5 nitrogen and oxygen atoms in total. The number of amides is 1. The van der Waals surface area contributed by atoms with Gasteiger partial charge in [0.15, 0.2) is 5.16 Å². The van der Waals surface area contributed by atoms with Gasteiger partial charge in [0.25, 0.3) is 5.56 Å². The maximum atomic E-state index is 13.2. The molecule has 32 heavy (non-hydrogen) atoms.